The first-order chi connectivity index (χ1) is 13.1. The molecule has 2 aromatic rings. The summed E-state index contributed by atoms with van der Waals surface area (Å²) in [7, 11) is 0. The fraction of sp³-hybridized carbons (Fsp3) is 0.400. The van der Waals surface area contributed by atoms with Crippen LogP contribution in [0.15, 0.2) is 46.0 Å². The van der Waals surface area contributed by atoms with E-state index in [1.54, 1.807) is 35.2 Å². The third-order valence-electron chi connectivity index (χ3n) is 5.10. The molecule has 2 aliphatic rings. The lowest BCUT2D eigenvalue weighted by atomic mass is 9.84. The Kier molecular flexibility index (Phi) is 5.16. The highest BCUT2D eigenvalue weighted by molar-refractivity contribution is 6.29. The third-order valence-corrected chi connectivity index (χ3v) is 5.30. The molecule has 1 aliphatic heterocycles. The lowest BCUT2D eigenvalue weighted by Crippen LogP contribution is -2.42. The first kappa shape index (κ1) is 18.0. The van der Waals surface area contributed by atoms with Crippen molar-refractivity contribution < 1.29 is 18.4 Å². The number of furan rings is 1. The van der Waals surface area contributed by atoms with Crippen molar-refractivity contribution in [2.75, 3.05) is 6.54 Å². The molecule has 1 saturated carbocycles. The molecule has 0 unspecified atom stereocenters. The molecule has 27 heavy (non-hydrogen) atoms. The maximum Gasteiger partial charge on any atom is 0.226 e. The second-order valence-corrected chi connectivity index (χ2v) is 7.38. The first-order valence-corrected chi connectivity index (χ1v) is 9.48. The van der Waals surface area contributed by atoms with Gasteiger partial charge in [0.2, 0.25) is 5.91 Å². The number of hydrogen-bond acceptors (Lipinski definition) is 4. The first-order valence-electron chi connectivity index (χ1n) is 9.11. The van der Waals surface area contributed by atoms with E-state index < -0.39 is 0 Å². The molecule has 5 nitrogen and oxygen atoms in total. The summed E-state index contributed by atoms with van der Waals surface area (Å²) in [5.74, 6) is 0.344. The summed E-state index contributed by atoms with van der Waals surface area (Å²) < 4.78 is 19.5. The van der Waals surface area contributed by atoms with E-state index in [9.17, 15) is 9.18 Å². The van der Waals surface area contributed by atoms with Crippen LogP contribution in [0, 0.1) is 11.7 Å². The largest absolute Gasteiger partial charge is 0.443 e. The Balaban J connectivity index is 1.45. The van der Waals surface area contributed by atoms with Crippen LogP contribution < -0.4 is 0 Å². The molecule has 0 saturated heterocycles. The summed E-state index contributed by atoms with van der Waals surface area (Å²) in [6, 6.07) is 9.93. The number of oxime groups is 1. The van der Waals surface area contributed by atoms with Crippen LogP contribution in [0.4, 0.5) is 4.39 Å². The smallest absolute Gasteiger partial charge is 0.226 e. The van der Waals surface area contributed by atoms with Gasteiger partial charge in [0.1, 0.15) is 11.5 Å². The Bertz CT molecular complexity index is 862. The molecule has 2 heterocycles. The van der Waals surface area contributed by atoms with Crippen LogP contribution in [0.3, 0.4) is 0 Å². The van der Waals surface area contributed by atoms with E-state index in [1.165, 1.54) is 6.07 Å². The quantitative estimate of drug-likeness (QED) is 0.734. The second-order valence-electron chi connectivity index (χ2n) is 7.01. The van der Waals surface area contributed by atoms with Crippen molar-refractivity contribution in [2.24, 2.45) is 11.1 Å². The normalized spacial score (nSPS) is 19.3. The zero-order chi connectivity index (χ0) is 18.8. The Morgan fingerprint density at radius 3 is 2.74 bits per heavy atom. The second kappa shape index (κ2) is 7.72. The maximum absolute atomic E-state index is 14.1. The van der Waals surface area contributed by atoms with Gasteiger partial charge in [-0.25, -0.2) is 4.39 Å². The minimum Gasteiger partial charge on any atom is -0.443 e. The molecule has 1 atom stereocenters. The van der Waals surface area contributed by atoms with E-state index in [-0.39, 0.29) is 35.5 Å². The maximum atomic E-state index is 14.1. The molecule has 0 N–H and O–H groups in total. The summed E-state index contributed by atoms with van der Waals surface area (Å²) in [5, 5.41) is 4.36. The van der Waals surface area contributed by atoms with Crippen molar-refractivity contribution in [2.45, 2.75) is 38.3 Å². The number of amides is 1. The lowest BCUT2D eigenvalue weighted by molar-refractivity contribution is -0.140. The van der Waals surface area contributed by atoms with Crippen LogP contribution in [-0.2, 0) is 16.2 Å². The van der Waals surface area contributed by atoms with Gasteiger partial charge in [0.15, 0.2) is 17.1 Å². The molecule has 1 fully saturated rings. The standard InChI is InChI=1S/C20H20ClFN2O3/c21-19-9-8-18(26-19)17-10-15(27-23-17)12-24(20(25)13-5-3-6-13)11-14-4-1-2-7-16(14)22/h1-2,4,7-9,13,15H,3,5-6,10-12H2/t15-/m0/s1. The van der Waals surface area contributed by atoms with Gasteiger partial charge in [0.25, 0.3) is 0 Å². The van der Waals surface area contributed by atoms with Gasteiger partial charge in [0, 0.05) is 24.4 Å². The van der Waals surface area contributed by atoms with Crippen LogP contribution >= 0.6 is 11.6 Å². The number of carbonyl (C=O) groups excluding carboxylic acids is 1. The van der Waals surface area contributed by atoms with Gasteiger partial charge in [-0.3, -0.25) is 4.79 Å². The van der Waals surface area contributed by atoms with Crippen molar-refractivity contribution in [3.63, 3.8) is 0 Å². The molecule has 1 aromatic heterocycles. The van der Waals surface area contributed by atoms with Crippen molar-refractivity contribution in [1.29, 1.82) is 0 Å². The predicted octanol–water partition coefficient (Wildman–Crippen LogP) is 4.39. The van der Waals surface area contributed by atoms with Crippen LogP contribution in [0.5, 0.6) is 0 Å². The van der Waals surface area contributed by atoms with Crippen LogP contribution in [0.25, 0.3) is 0 Å². The zero-order valence-corrected chi connectivity index (χ0v) is 15.5. The number of rotatable bonds is 6. The average molecular weight is 391 g/mol. The molecule has 0 spiro atoms. The summed E-state index contributed by atoms with van der Waals surface area (Å²) >= 11 is 5.81. The number of halogens is 2. The molecule has 142 valence electrons. The van der Waals surface area contributed by atoms with Crippen molar-refractivity contribution in [3.05, 3.63) is 58.8 Å². The molecule has 1 aromatic carbocycles. The molecule has 1 amide bonds. The van der Waals surface area contributed by atoms with Gasteiger partial charge in [-0.2, -0.15) is 0 Å². The highest BCUT2D eigenvalue weighted by Crippen LogP contribution is 2.30. The fourth-order valence-electron chi connectivity index (χ4n) is 3.37. The van der Waals surface area contributed by atoms with E-state index in [0.717, 1.165) is 19.3 Å². The number of hydrogen-bond donors (Lipinski definition) is 0. The van der Waals surface area contributed by atoms with Crippen LogP contribution in [0.1, 0.15) is 37.0 Å². The van der Waals surface area contributed by atoms with Gasteiger partial charge >= 0.3 is 0 Å². The van der Waals surface area contributed by atoms with Gasteiger partial charge < -0.3 is 14.2 Å². The van der Waals surface area contributed by atoms with E-state index in [4.69, 9.17) is 20.9 Å². The predicted molar refractivity (Wildman–Crippen MR) is 98.9 cm³/mol. The highest BCUT2D eigenvalue weighted by atomic mass is 35.5. The fourth-order valence-corrected chi connectivity index (χ4v) is 3.51. The van der Waals surface area contributed by atoms with E-state index in [0.29, 0.717) is 30.0 Å². The SMILES string of the molecule is O=C(C1CCC1)N(Cc1ccccc1F)C[C@@H]1CC(c2ccc(Cl)o2)=NO1. The Morgan fingerprint density at radius 1 is 1.26 bits per heavy atom. The Labute approximate surface area is 161 Å². The van der Waals surface area contributed by atoms with Crippen LogP contribution in [0.2, 0.25) is 5.22 Å². The summed E-state index contributed by atoms with van der Waals surface area (Å²) in [4.78, 5) is 20.1. The lowest BCUT2D eigenvalue weighted by Gasteiger charge is -2.32. The third kappa shape index (κ3) is 4.00. The van der Waals surface area contributed by atoms with Gasteiger partial charge in [-0.1, -0.05) is 29.8 Å². The van der Waals surface area contributed by atoms with Crippen molar-refractivity contribution in [1.82, 2.24) is 4.90 Å². The monoisotopic (exact) mass is 390 g/mol. The highest BCUT2D eigenvalue weighted by Gasteiger charge is 2.33. The minimum absolute atomic E-state index is 0.0300. The minimum atomic E-state index is -0.307. The number of nitrogens with zero attached hydrogens (tertiary/aromatic N) is 2. The van der Waals surface area contributed by atoms with Crippen LogP contribution in [-0.4, -0.2) is 29.2 Å². The van der Waals surface area contributed by atoms with Gasteiger partial charge in [-0.05, 0) is 42.6 Å². The molecule has 4 rings (SSSR count). The molecular formula is C20H20ClFN2O3. The summed E-state index contributed by atoms with van der Waals surface area (Å²) in [6.45, 7) is 0.578. The van der Waals surface area contributed by atoms with Crippen molar-refractivity contribution in [3.8, 4) is 0 Å². The van der Waals surface area contributed by atoms with E-state index in [1.807, 2.05) is 0 Å². The molecule has 0 bridgehead atoms. The summed E-state index contributed by atoms with van der Waals surface area (Å²) in [6.07, 6.45) is 3.07. The number of benzene rings is 1. The van der Waals surface area contributed by atoms with Crippen molar-refractivity contribution >= 4 is 23.2 Å². The molecule has 7 heteroatoms. The van der Waals surface area contributed by atoms with E-state index in [2.05, 4.69) is 5.16 Å². The zero-order valence-electron chi connectivity index (χ0n) is 14.7. The summed E-state index contributed by atoms with van der Waals surface area (Å²) in [5.41, 5.74) is 1.16. The Hall–Kier alpha value is -2.34. The molecule has 0 radical (unpaired) electrons. The van der Waals surface area contributed by atoms with E-state index >= 15 is 0 Å². The topological polar surface area (TPSA) is 55.0 Å². The molecule has 1 aliphatic carbocycles. The van der Waals surface area contributed by atoms with Gasteiger partial charge in [-0.15, -0.1) is 0 Å². The Morgan fingerprint density at radius 2 is 2.07 bits per heavy atom. The molecular weight excluding hydrogens is 371 g/mol. The number of carbonyl (C=O) groups is 1. The van der Waals surface area contributed by atoms with Gasteiger partial charge in [0.05, 0.1) is 6.54 Å². The average Bonchev–Trinajstić information content (AvgIpc) is 3.23.